The van der Waals surface area contributed by atoms with Crippen LogP contribution in [0.3, 0.4) is 0 Å². The van der Waals surface area contributed by atoms with Crippen LogP contribution in [0.4, 0.5) is 0 Å². The third-order valence-corrected chi connectivity index (χ3v) is 1.46. The molecule has 7 nitrogen and oxygen atoms in total. The van der Waals surface area contributed by atoms with E-state index in [4.69, 9.17) is 0 Å². The van der Waals surface area contributed by atoms with Gasteiger partial charge in [0, 0.05) is 119 Å². The van der Waals surface area contributed by atoms with Crippen LogP contribution in [0.25, 0.3) is 0 Å². The first-order valence-electron chi connectivity index (χ1n) is 5.19. The summed E-state index contributed by atoms with van der Waals surface area (Å²) >= 11 is 0. The van der Waals surface area contributed by atoms with E-state index in [0.717, 1.165) is 0 Å². The first-order chi connectivity index (χ1) is 8.34. The predicted octanol–water partition coefficient (Wildman–Crippen LogP) is -0.696. The van der Waals surface area contributed by atoms with Crippen LogP contribution in [0.15, 0.2) is 0 Å². The van der Waals surface area contributed by atoms with E-state index in [1.165, 1.54) is 39.1 Å². The molecule has 0 heterocycles. The van der Waals surface area contributed by atoms with E-state index in [9.17, 15) is 19.2 Å². The first kappa shape index (κ1) is 43.7. The molecule has 0 aliphatic carbocycles. The Morgan fingerprint density at radius 2 is 1.41 bits per heavy atom. The van der Waals surface area contributed by atoms with Crippen molar-refractivity contribution in [3.63, 3.8) is 0 Å². The Labute approximate surface area is 209 Å². The number of hydrogen-bond acceptors (Lipinski definition) is 5. The summed E-state index contributed by atoms with van der Waals surface area (Å²) in [4.78, 5) is 41.9. The molecule has 0 saturated carbocycles. The van der Waals surface area contributed by atoms with Crippen molar-refractivity contribution in [3.05, 3.63) is 7.43 Å². The van der Waals surface area contributed by atoms with Crippen LogP contribution in [-0.2, 0) is 117 Å². The fraction of sp³-hybridized carbons (Fsp3) is 0.583. The molecule has 3 radical (unpaired) electrons. The summed E-state index contributed by atoms with van der Waals surface area (Å²) in [7, 11) is 4.57. The first-order valence-corrected chi connectivity index (χ1v) is 5.19. The number of nitrogens with zero attached hydrogens (tertiary/aromatic N) is 1. The zero-order valence-electron chi connectivity index (χ0n) is 14.3. The number of rotatable bonds is 4. The number of nitrogens with two attached hydrogens (primary N) is 1. The molecule has 0 unspecified atom stereocenters. The monoisotopic (exact) mass is 542 g/mol. The fourth-order valence-corrected chi connectivity index (χ4v) is 0.619. The van der Waals surface area contributed by atoms with Gasteiger partial charge >= 0.3 is 0 Å². The van der Waals surface area contributed by atoms with Gasteiger partial charge in [0.2, 0.25) is 5.91 Å². The van der Waals surface area contributed by atoms with Gasteiger partial charge in [-0.15, -0.1) is 0 Å². The zero-order chi connectivity index (χ0) is 15.1. The average Bonchev–Trinajstić information content (AvgIpc) is 2.31. The largest absolute Gasteiger partial charge is 0.541 e. The molecule has 10 heteroatoms. The Balaban J connectivity index is -0.0000000358. The summed E-state index contributed by atoms with van der Waals surface area (Å²) in [5.41, 5.74) is 4.50. The van der Waals surface area contributed by atoms with Crippen molar-refractivity contribution in [1.82, 2.24) is 10.2 Å². The van der Waals surface area contributed by atoms with Crippen molar-refractivity contribution in [2.24, 2.45) is 5.73 Å². The number of likely N-dealkylation sites (N-methyl/N-ethyl adjacent to an activating group) is 1. The maximum absolute atomic E-state index is 10.8. The standard InChI is InChI=1S/C7H10NO3.C3H7NO.CH5N.CH3.3Y/c1-6(10)5-8(2)7(11)3-4-9;1-3(5)4-2;1-2;;;;/h3,5H2,1-2H3;1-2H3,(H,4,5);2H2,1H3;1H3;;;/q-1;;;-1;;;. The Hall–Kier alpha value is 1.55. The molecule has 0 fully saturated rings. The molecule has 22 heavy (non-hydrogen) atoms. The van der Waals surface area contributed by atoms with Crippen LogP contribution in [0.1, 0.15) is 20.3 Å². The molecule has 0 spiro atoms. The zero-order valence-corrected chi connectivity index (χ0v) is 22.8. The number of carbonyl (C=O) groups excluding carboxylic acids is 4. The fourth-order valence-electron chi connectivity index (χ4n) is 0.619. The van der Waals surface area contributed by atoms with Crippen molar-refractivity contribution < 1.29 is 117 Å². The number of Topliss-reactive ketones (excluding diaryl/α,β-unsaturated/α-hetero) is 1. The van der Waals surface area contributed by atoms with Gasteiger partial charge in [0.25, 0.3) is 0 Å². The van der Waals surface area contributed by atoms with Crippen LogP contribution in [0.2, 0.25) is 0 Å². The van der Waals surface area contributed by atoms with E-state index >= 15 is 0 Å². The van der Waals surface area contributed by atoms with E-state index in [0.29, 0.717) is 0 Å². The maximum Gasteiger partial charge on any atom is 0.216 e. The topological polar surface area (TPSA) is 110 Å². The molecule has 0 rings (SSSR count). The summed E-state index contributed by atoms with van der Waals surface area (Å²) in [6.07, 6.45) is 1.20. The van der Waals surface area contributed by atoms with Gasteiger partial charge in [0.15, 0.2) is 5.91 Å². The Bertz CT molecular complexity index is 280. The Morgan fingerprint density at radius 3 is 1.59 bits per heavy atom. The number of amides is 2. The minimum atomic E-state index is -0.379. The molecule has 0 saturated heterocycles. The van der Waals surface area contributed by atoms with E-state index in [-0.39, 0.29) is 136 Å². The molecule has 123 valence electrons. The smallest absolute Gasteiger partial charge is 0.216 e. The van der Waals surface area contributed by atoms with Crippen LogP contribution in [0.5, 0.6) is 0 Å². The van der Waals surface area contributed by atoms with Crippen LogP contribution in [0, 0.1) is 7.43 Å². The minimum absolute atomic E-state index is 0. The minimum Gasteiger partial charge on any atom is -0.541 e. The molecular formula is C12H25N3O4Y3-2. The van der Waals surface area contributed by atoms with E-state index in [1.807, 2.05) is 0 Å². The third-order valence-electron chi connectivity index (χ3n) is 1.46. The Kier molecular flexibility index (Phi) is 67.6. The molecule has 0 atom stereocenters. The quantitative estimate of drug-likeness (QED) is 0.361. The van der Waals surface area contributed by atoms with Crippen LogP contribution < -0.4 is 11.1 Å². The summed E-state index contributed by atoms with van der Waals surface area (Å²) in [5, 5.41) is 2.39. The van der Waals surface area contributed by atoms with Gasteiger partial charge in [0.05, 0.1) is 6.54 Å². The molecular weight excluding hydrogens is 517 g/mol. The second-order valence-electron chi connectivity index (χ2n) is 3.08. The Morgan fingerprint density at radius 1 is 1.09 bits per heavy atom. The van der Waals surface area contributed by atoms with E-state index < -0.39 is 0 Å². The molecule has 0 aliphatic heterocycles. The number of carbonyl (C=O) groups is 3. The molecule has 0 aliphatic rings. The summed E-state index contributed by atoms with van der Waals surface area (Å²) in [6.45, 7) is 2.91. The number of ketones is 1. The summed E-state index contributed by atoms with van der Waals surface area (Å²) in [6, 6.07) is 0. The molecule has 0 bridgehead atoms. The van der Waals surface area contributed by atoms with Gasteiger partial charge in [0.1, 0.15) is 5.78 Å². The molecule has 0 aromatic carbocycles. The third kappa shape index (κ3) is 43.0. The molecule has 2 amide bonds. The van der Waals surface area contributed by atoms with Gasteiger partial charge in [-0.2, -0.15) is 0 Å². The van der Waals surface area contributed by atoms with Gasteiger partial charge in [-0.3, -0.25) is 20.7 Å². The van der Waals surface area contributed by atoms with Crippen molar-refractivity contribution in [2.45, 2.75) is 20.3 Å². The SMILES string of the molecule is CC(=O)CN(C)C(=O)C[C-]=O.CN.CNC(C)=O.[CH3-].[Y].[Y].[Y]. The van der Waals surface area contributed by atoms with Crippen LogP contribution in [-0.4, -0.2) is 56.5 Å². The second kappa shape index (κ2) is 34.0. The number of hydrogen-bond donors (Lipinski definition) is 2. The number of nitrogens with one attached hydrogen (secondary N) is 1. The van der Waals surface area contributed by atoms with Crippen LogP contribution >= 0.6 is 0 Å². The van der Waals surface area contributed by atoms with E-state index in [2.05, 4.69) is 11.1 Å². The molecule has 0 aromatic rings. The van der Waals surface area contributed by atoms with Gasteiger partial charge in [-0.1, -0.05) is 6.42 Å². The van der Waals surface area contributed by atoms with E-state index in [1.54, 1.807) is 7.05 Å². The average molecular weight is 542 g/mol. The normalized spacial score (nSPS) is 6.27. The van der Waals surface area contributed by atoms with Gasteiger partial charge < -0.3 is 28.2 Å². The van der Waals surface area contributed by atoms with Crippen molar-refractivity contribution in [2.75, 3.05) is 27.7 Å². The van der Waals surface area contributed by atoms with Crippen molar-refractivity contribution in [1.29, 1.82) is 0 Å². The van der Waals surface area contributed by atoms with Crippen molar-refractivity contribution in [3.8, 4) is 0 Å². The van der Waals surface area contributed by atoms with Gasteiger partial charge in [-0.25, -0.2) is 0 Å². The van der Waals surface area contributed by atoms with Gasteiger partial charge in [-0.05, 0) is 14.0 Å². The maximum atomic E-state index is 10.8. The summed E-state index contributed by atoms with van der Waals surface area (Å²) in [5.74, 6) is -0.480. The summed E-state index contributed by atoms with van der Waals surface area (Å²) < 4.78 is 0. The predicted molar refractivity (Wildman–Crippen MR) is 74.9 cm³/mol. The van der Waals surface area contributed by atoms with Crippen molar-refractivity contribution >= 4 is 23.9 Å². The molecule has 3 N–H and O–H groups in total. The molecule has 0 aromatic heterocycles. The second-order valence-corrected chi connectivity index (χ2v) is 3.08.